The van der Waals surface area contributed by atoms with Gasteiger partial charge in [0.1, 0.15) is 5.75 Å². The van der Waals surface area contributed by atoms with Crippen molar-refractivity contribution >= 4 is 21.8 Å². The van der Waals surface area contributed by atoms with Crippen molar-refractivity contribution in [3.8, 4) is 5.75 Å². The molecule has 1 amide bonds. The lowest BCUT2D eigenvalue weighted by atomic mass is 10.1. The minimum Gasteiger partial charge on any atom is -0.496 e. The average molecular weight is 330 g/mol. The molecule has 1 rings (SSSR count). The summed E-state index contributed by atoms with van der Waals surface area (Å²) in [6.45, 7) is 1.81. The number of rotatable bonds is 8. The minimum atomic E-state index is 0.0620. The number of amides is 1. The summed E-state index contributed by atoms with van der Waals surface area (Å²) in [4.78, 5) is 13.7. The Balaban J connectivity index is 2.45. The number of ether oxygens (including phenoxy) is 2. The van der Waals surface area contributed by atoms with E-state index in [1.54, 1.807) is 19.1 Å². The van der Waals surface area contributed by atoms with Crippen molar-refractivity contribution in [3.05, 3.63) is 29.8 Å². The monoisotopic (exact) mass is 329 g/mol. The second-order valence-electron chi connectivity index (χ2n) is 4.11. The van der Waals surface area contributed by atoms with Crippen molar-refractivity contribution < 1.29 is 14.3 Å². The van der Waals surface area contributed by atoms with Crippen molar-refractivity contribution in [2.75, 3.05) is 39.2 Å². The van der Waals surface area contributed by atoms with E-state index in [1.165, 1.54) is 0 Å². The van der Waals surface area contributed by atoms with E-state index >= 15 is 0 Å². The number of alkyl halides is 1. The number of hydrogen-bond acceptors (Lipinski definition) is 3. The molecule has 0 bridgehead atoms. The molecule has 0 aliphatic heterocycles. The third kappa shape index (κ3) is 5.61. The summed E-state index contributed by atoms with van der Waals surface area (Å²) in [7, 11) is 3.40. The number of carbonyl (C=O) groups excluding carboxylic acids is 1. The van der Waals surface area contributed by atoms with Crippen LogP contribution in [-0.4, -0.2) is 50.1 Å². The molecule has 1 aromatic carbocycles. The van der Waals surface area contributed by atoms with E-state index in [0.29, 0.717) is 26.2 Å². The smallest absolute Gasteiger partial charge is 0.226 e. The van der Waals surface area contributed by atoms with E-state index in [4.69, 9.17) is 9.47 Å². The lowest BCUT2D eigenvalue weighted by Gasteiger charge is -2.17. The first kappa shape index (κ1) is 16.0. The van der Waals surface area contributed by atoms with Crippen molar-refractivity contribution in [1.29, 1.82) is 0 Å². The highest BCUT2D eigenvalue weighted by Gasteiger charge is 2.12. The predicted octanol–water partition coefficient (Wildman–Crippen LogP) is 2.11. The highest BCUT2D eigenvalue weighted by atomic mass is 79.9. The molecular formula is C14H20BrNO3. The highest BCUT2D eigenvalue weighted by molar-refractivity contribution is 9.09. The lowest BCUT2D eigenvalue weighted by molar-refractivity contribution is -0.129. The average Bonchev–Trinajstić information content (AvgIpc) is 2.44. The van der Waals surface area contributed by atoms with Crippen LogP contribution in [0, 0.1) is 0 Å². The second kappa shape index (κ2) is 8.93. The summed E-state index contributed by atoms with van der Waals surface area (Å²) in [5, 5.41) is 0.811. The van der Waals surface area contributed by atoms with Gasteiger partial charge in [0.05, 0.1) is 26.7 Å². The van der Waals surface area contributed by atoms with Crippen LogP contribution in [-0.2, 0) is 16.0 Å². The number of benzene rings is 1. The number of halogens is 1. The molecule has 0 unspecified atom stereocenters. The van der Waals surface area contributed by atoms with Crippen LogP contribution in [0.5, 0.6) is 5.75 Å². The van der Waals surface area contributed by atoms with E-state index in [0.717, 1.165) is 16.6 Å². The number of methoxy groups -OCH3 is 1. The Kier molecular flexibility index (Phi) is 7.52. The van der Waals surface area contributed by atoms with Gasteiger partial charge >= 0.3 is 0 Å². The maximum atomic E-state index is 12.0. The SMILES string of the molecule is COc1ccccc1CC(=O)N(C)CCOCCBr. The van der Waals surface area contributed by atoms with Crippen LogP contribution in [0.3, 0.4) is 0 Å². The summed E-state index contributed by atoms with van der Waals surface area (Å²) in [6.07, 6.45) is 0.346. The molecule has 0 saturated carbocycles. The summed E-state index contributed by atoms with van der Waals surface area (Å²) >= 11 is 3.29. The molecule has 19 heavy (non-hydrogen) atoms. The normalized spacial score (nSPS) is 10.3. The van der Waals surface area contributed by atoms with Gasteiger partial charge in [0.15, 0.2) is 0 Å². The zero-order chi connectivity index (χ0) is 14.1. The van der Waals surface area contributed by atoms with Crippen molar-refractivity contribution in [2.45, 2.75) is 6.42 Å². The quantitative estimate of drug-likeness (QED) is 0.541. The minimum absolute atomic E-state index is 0.0620. The van der Waals surface area contributed by atoms with Gasteiger partial charge < -0.3 is 14.4 Å². The first-order valence-electron chi connectivity index (χ1n) is 6.18. The molecule has 5 heteroatoms. The van der Waals surface area contributed by atoms with Gasteiger partial charge in [0.2, 0.25) is 5.91 Å². The fraction of sp³-hybridized carbons (Fsp3) is 0.500. The van der Waals surface area contributed by atoms with Gasteiger partial charge in [-0.05, 0) is 6.07 Å². The number of nitrogens with zero attached hydrogens (tertiary/aromatic N) is 1. The van der Waals surface area contributed by atoms with E-state index in [2.05, 4.69) is 15.9 Å². The molecule has 0 radical (unpaired) electrons. The molecule has 0 atom stereocenters. The molecule has 4 nitrogen and oxygen atoms in total. The topological polar surface area (TPSA) is 38.8 Å². The van der Waals surface area contributed by atoms with Crippen LogP contribution < -0.4 is 4.74 Å². The van der Waals surface area contributed by atoms with Gasteiger partial charge in [-0.25, -0.2) is 0 Å². The molecule has 0 aromatic heterocycles. The fourth-order valence-electron chi connectivity index (χ4n) is 1.63. The molecular weight excluding hydrogens is 310 g/mol. The summed E-state index contributed by atoms with van der Waals surface area (Å²) < 4.78 is 10.6. The van der Waals surface area contributed by atoms with Gasteiger partial charge in [-0.2, -0.15) is 0 Å². The standard InChI is InChI=1S/C14H20BrNO3/c1-16(8-10-19-9-7-15)14(17)11-12-5-3-4-6-13(12)18-2/h3-6H,7-11H2,1-2H3. The number of likely N-dealkylation sites (N-methyl/N-ethyl adjacent to an activating group) is 1. The van der Waals surface area contributed by atoms with Crippen LogP contribution in [0.2, 0.25) is 0 Å². The molecule has 1 aromatic rings. The molecule has 0 fully saturated rings. The van der Waals surface area contributed by atoms with Crippen molar-refractivity contribution in [3.63, 3.8) is 0 Å². The molecule has 0 heterocycles. The first-order chi connectivity index (χ1) is 9.19. The molecule has 0 aliphatic carbocycles. The van der Waals surface area contributed by atoms with Crippen LogP contribution in [0.25, 0.3) is 0 Å². The highest BCUT2D eigenvalue weighted by Crippen LogP contribution is 2.18. The lowest BCUT2D eigenvalue weighted by Crippen LogP contribution is -2.31. The second-order valence-corrected chi connectivity index (χ2v) is 4.90. The Morgan fingerprint density at radius 2 is 2.05 bits per heavy atom. The zero-order valence-electron chi connectivity index (χ0n) is 11.4. The molecule has 106 valence electrons. The molecule has 0 N–H and O–H groups in total. The maximum absolute atomic E-state index is 12.0. The van der Waals surface area contributed by atoms with Gasteiger partial charge in [0, 0.05) is 24.5 Å². The Hall–Kier alpha value is -1.07. The van der Waals surface area contributed by atoms with Gasteiger partial charge in [-0.15, -0.1) is 0 Å². The van der Waals surface area contributed by atoms with Gasteiger partial charge in [0.25, 0.3) is 0 Å². The molecule has 0 saturated heterocycles. The van der Waals surface area contributed by atoms with Crippen LogP contribution in [0.4, 0.5) is 0 Å². The van der Waals surface area contributed by atoms with E-state index < -0.39 is 0 Å². The number of carbonyl (C=O) groups is 1. The number of para-hydroxylation sites is 1. The van der Waals surface area contributed by atoms with Crippen LogP contribution in [0.15, 0.2) is 24.3 Å². The molecule has 0 spiro atoms. The maximum Gasteiger partial charge on any atom is 0.226 e. The summed E-state index contributed by atoms with van der Waals surface area (Å²) in [5.41, 5.74) is 0.906. The third-order valence-corrected chi connectivity index (χ3v) is 3.08. The third-order valence-electron chi connectivity index (χ3n) is 2.75. The largest absolute Gasteiger partial charge is 0.496 e. The summed E-state index contributed by atoms with van der Waals surface area (Å²) in [5.74, 6) is 0.812. The summed E-state index contributed by atoms with van der Waals surface area (Å²) in [6, 6.07) is 7.57. The van der Waals surface area contributed by atoms with Crippen molar-refractivity contribution in [2.24, 2.45) is 0 Å². The Bertz CT molecular complexity index is 398. The van der Waals surface area contributed by atoms with Gasteiger partial charge in [-0.1, -0.05) is 34.1 Å². The zero-order valence-corrected chi connectivity index (χ0v) is 13.0. The Labute approximate surface area is 122 Å². The van der Waals surface area contributed by atoms with Crippen LogP contribution >= 0.6 is 15.9 Å². The fourth-order valence-corrected chi connectivity index (χ4v) is 1.86. The molecule has 0 aliphatic rings. The first-order valence-corrected chi connectivity index (χ1v) is 7.30. The van der Waals surface area contributed by atoms with Crippen molar-refractivity contribution in [1.82, 2.24) is 4.90 Å². The van der Waals surface area contributed by atoms with E-state index in [1.807, 2.05) is 24.3 Å². The van der Waals surface area contributed by atoms with Crippen LogP contribution in [0.1, 0.15) is 5.56 Å². The predicted molar refractivity (Wildman–Crippen MR) is 78.9 cm³/mol. The van der Waals surface area contributed by atoms with Gasteiger partial charge in [-0.3, -0.25) is 4.79 Å². The number of hydrogen-bond donors (Lipinski definition) is 0. The van der Waals surface area contributed by atoms with E-state index in [9.17, 15) is 4.79 Å². The van der Waals surface area contributed by atoms with E-state index in [-0.39, 0.29) is 5.91 Å². The Morgan fingerprint density at radius 1 is 1.32 bits per heavy atom. The Morgan fingerprint density at radius 3 is 2.74 bits per heavy atom.